The Bertz CT molecular complexity index is 359. The van der Waals surface area contributed by atoms with Gasteiger partial charge >= 0.3 is 0 Å². The van der Waals surface area contributed by atoms with Crippen LogP contribution in [0, 0.1) is 0 Å². The zero-order valence-corrected chi connectivity index (χ0v) is 6.02. The van der Waals surface area contributed by atoms with Gasteiger partial charge in [0.15, 0.2) is 11.6 Å². The molecule has 2 rings (SSSR count). The van der Waals surface area contributed by atoms with Crippen molar-refractivity contribution < 1.29 is 9.59 Å². The standard InChI is InChI=1S/C8H4N2O2/c11-7-1-2-8(12)6-4-10-9-3-5(6)7/h1-4H. The topological polar surface area (TPSA) is 59.9 Å². The van der Waals surface area contributed by atoms with E-state index in [-0.39, 0.29) is 11.6 Å². The van der Waals surface area contributed by atoms with E-state index in [1.54, 1.807) is 0 Å². The van der Waals surface area contributed by atoms with Crippen molar-refractivity contribution in [3.05, 3.63) is 35.7 Å². The van der Waals surface area contributed by atoms with Crippen molar-refractivity contribution in [2.45, 2.75) is 0 Å². The van der Waals surface area contributed by atoms with Crippen molar-refractivity contribution in [1.29, 1.82) is 0 Å². The summed E-state index contributed by atoms with van der Waals surface area (Å²) < 4.78 is 0. The first-order valence-corrected chi connectivity index (χ1v) is 3.36. The molecule has 0 saturated heterocycles. The molecule has 0 aromatic carbocycles. The Morgan fingerprint density at radius 3 is 1.67 bits per heavy atom. The van der Waals surface area contributed by atoms with Crippen LogP contribution in [0.25, 0.3) is 0 Å². The normalized spacial score (nSPS) is 14.7. The number of carbonyl (C=O) groups is 2. The van der Waals surface area contributed by atoms with Crippen molar-refractivity contribution in [2.75, 3.05) is 0 Å². The Kier molecular flexibility index (Phi) is 1.33. The van der Waals surface area contributed by atoms with Gasteiger partial charge in [0.2, 0.25) is 0 Å². The van der Waals surface area contributed by atoms with Crippen molar-refractivity contribution in [1.82, 2.24) is 10.2 Å². The van der Waals surface area contributed by atoms with Crippen LogP contribution >= 0.6 is 0 Å². The highest BCUT2D eigenvalue weighted by molar-refractivity contribution is 6.21. The molecule has 4 nitrogen and oxygen atoms in total. The van der Waals surface area contributed by atoms with Gasteiger partial charge in [-0.05, 0) is 12.2 Å². The molecule has 0 aliphatic heterocycles. The number of hydrogen-bond acceptors (Lipinski definition) is 4. The van der Waals surface area contributed by atoms with Crippen molar-refractivity contribution >= 4 is 11.6 Å². The zero-order chi connectivity index (χ0) is 8.55. The quantitative estimate of drug-likeness (QED) is 0.551. The number of carbonyl (C=O) groups excluding carboxylic acids is 2. The number of ketones is 2. The highest BCUT2D eigenvalue weighted by Crippen LogP contribution is 2.13. The lowest BCUT2D eigenvalue weighted by Crippen LogP contribution is -2.12. The Labute approximate surface area is 67.9 Å². The van der Waals surface area contributed by atoms with Crippen LogP contribution in [0.1, 0.15) is 20.7 Å². The molecule has 12 heavy (non-hydrogen) atoms. The maximum absolute atomic E-state index is 11.1. The molecule has 0 saturated carbocycles. The summed E-state index contributed by atoms with van der Waals surface area (Å²) in [6, 6.07) is 0. The van der Waals surface area contributed by atoms with E-state index in [4.69, 9.17) is 0 Å². The monoisotopic (exact) mass is 160 g/mol. The molecule has 0 atom stereocenters. The number of allylic oxidation sites excluding steroid dienone is 2. The van der Waals surface area contributed by atoms with Crippen LogP contribution < -0.4 is 0 Å². The van der Waals surface area contributed by atoms with Gasteiger partial charge in [-0.3, -0.25) is 9.59 Å². The summed E-state index contributed by atoms with van der Waals surface area (Å²) in [6.45, 7) is 0. The van der Waals surface area contributed by atoms with Gasteiger partial charge in [-0.15, -0.1) is 0 Å². The fourth-order valence-electron chi connectivity index (χ4n) is 1.04. The Morgan fingerprint density at radius 1 is 0.833 bits per heavy atom. The molecular weight excluding hydrogens is 156 g/mol. The Morgan fingerprint density at radius 2 is 1.25 bits per heavy atom. The van der Waals surface area contributed by atoms with Crippen LogP contribution in [-0.4, -0.2) is 21.8 Å². The molecule has 1 aliphatic rings. The lowest BCUT2D eigenvalue weighted by molar-refractivity contribution is 0.0993. The molecular formula is C8H4N2O2. The maximum Gasteiger partial charge on any atom is 0.188 e. The average Bonchev–Trinajstić information content (AvgIpc) is 2.12. The van der Waals surface area contributed by atoms with Crippen molar-refractivity contribution in [3.63, 3.8) is 0 Å². The molecule has 58 valence electrons. The highest BCUT2D eigenvalue weighted by Gasteiger charge is 2.18. The van der Waals surface area contributed by atoms with Gasteiger partial charge in [0.1, 0.15) is 0 Å². The van der Waals surface area contributed by atoms with Crippen molar-refractivity contribution in [3.8, 4) is 0 Å². The first kappa shape index (κ1) is 6.84. The maximum atomic E-state index is 11.1. The van der Waals surface area contributed by atoms with Crippen LogP contribution in [0.3, 0.4) is 0 Å². The summed E-state index contributed by atoms with van der Waals surface area (Å²) in [4.78, 5) is 22.2. The first-order valence-electron chi connectivity index (χ1n) is 3.36. The number of nitrogens with zero attached hydrogens (tertiary/aromatic N) is 2. The second kappa shape index (κ2) is 2.34. The van der Waals surface area contributed by atoms with Gasteiger partial charge in [0.25, 0.3) is 0 Å². The first-order chi connectivity index (χ1) is 5.79. The van der Waals surface area contributed by atoms with Gasteiger partial charge in [-0.1, -0.05) is 0 Å². The third-order valence-electron chi connectivity index (χ3n) is 1.65. The molecule has 0 spiro atoms. The number of aromatic nitrogens is 2. The largest absolute Gasteiger partial charge is 0.289 e. The molecule has 1 heterocycles. The molecule has 1 aliphatic carbocycles. The minimum Gasteiger partial charge on any atom is -0.289 e. The minimum absolute atomic E-state index is 0.195. The van der Waals surface area contributed by atoms with Crippen LogP contribution in [0.4, 0.5) is 0 Å². The summed E-state index contributed by atoms with van der Waals surface area (Å²) in [6.07, 6.45) is 5.09. The summed E-state index contributed by atoms with van der Waals surface area (Å²) in [5.74, 6) is -0.390. The number of fused-ring (bicyclic) bond motifs is 1. The summed E-state index contributed by atoms with van der Waals surface area (Å²) >= 11 is 0. The van der Waals surface area contributed by atoms with E-state index in [1.807, 2.05) is 0 Å². The predicted octanol–water partition coefficient (Wildman–Crippen LogP) is 0.412. The zero-order valence-electron chi connectivity index (χ0n) is 6.02. The highest BCUT2D eigenvalue weighted by atomic mass is 16.1. The van der Waals surface area contributed by atoms with Crippen LogP contribution in [0.2, 0.25) is 0 Å². The van der Waals surface area contributed by atoms with Gasteiger partial charge in [-0.25, -0.2) is 0 Å². The van der Waals surface area contributed by atoms with Gasteiger partial charge in [0, 0.05) is 0 Å². The van der Waals surface area contributed by atoms with E-state index < -0.39 is 0 Å². The molecule has 1 aromatic rings. The van der Waals surface area contributed by atoms with Crippen LogP contribution in [-0.2, 0) is 0 Å². The van der Waals surface area contributed by atoms with E-state index in [0.29, 0.717) is 11.1 Å². The van der Waals surface area contributed by atoms with Crippen LogP contribution in [0.5, 0.6) is 0 Å². The fraction of sp³-hybridized carbons (Fsp3) is 0. The number of rotatable bonds is 0. The summed E-state index contributed by atoms with van der Waals surface area (Å²) in [7, 11) is 0. The molecule has 0 bridgehead atoms. The molecule has 0 fully saturated rings. The molecule has 1 aromatic heterocycles. The fourth-order valence-corrected chi connectivity index (χ4v) is 1.04. The summed E-state index contributed by atoms with van der Waals surface area (Å²) in [5.41, 5.74) is 0.662. The second-order valence-corrected chi connectivity index (χ2v) is 2.38. The van der Waals surface area contributed by atoms with Crippen LogP contribution in [0.15, 0.2) is 24.5 Å². The Hall–Kier alpha value is -1.84. The van der Waals surface area contributed by atoms with E-state index in [9.17, 15) is 9.59 Å². The predicted molar refractivity (Wildman–Crippen MR) is 39.8 cm³/mol. The molecule has 0 unspecified atom stereocenters. The second-order valence-electron chi connectivity index (χ2n) is 2.38. The SMILES string of the molecule is O=C1C=CC(=O)c2cnncc21. The van der Waals surface area contributed by atoms with E-state index in [1.165, 1.54) is 24.5 Å². The Balaban J connectivity index is 2.69. The molecule has 0 amide bonds. The number of hydrogen-bond donors (Lipinski definition) is 0. The minimum atomic E-state index is -0.195. The van der Waals surface area contributed by atoms with Gasteiger partial charge in [0.05, 0.1) is 23.5 Å². The lowest BCUT2D eigenvalue weighted by Gasteiger charge is -2.04. The third-order valence-corrected chi connectivity index (χ3v) is 1.65. The smallest absolute Gasteiger partial charge is 0.188 e. The molecule has 0 radical (unpaired) electrons. The van der Waals surface area contributed by atoms with E-state index in [2.05, 4.69) is 10.2 Å². The third kappa shape index (κ3) is 0.852. The molecule has 4 heteroatoms. The summed E-state index contributed by atoms with van der Waals surface area (Å²) in [5, 5.41) is 7.05. The van der Waals surface area contributed by atoms with E-state index >= 15 is 0 Å². The van der Waals surface area contributed by atoms with Gasteiger partial charge in [-0.2, -0.15) is 10.2 Å². The molecule has 0 N–H and O–H groups in total. The van der Waals surface area contributed by atoms with Crippen molar-refractivity contribution in [2.24, 2.45) is 0 Å². The van der Waals surface area contributed by atoms with E-state index in [0.717, 1.165) is 0 Å². The average molecular weight is 160 g/mol. The van der Waals surface area contributed by atoms with Gasteiger partial charge < -0.3 is 0 Å². The lowest BCUT2D eigenvalue weighted by atomic mass is 9.99.